The van der Waals surface area contributed by atoms with Crippen LogP contribution in [0.25, 0.3) is 0 Å². The molecular formula is C16H30N2O4. The molecule has 128 valence electrons. The predicted octanol–water partition coefficient (Wildman–Crippen LogP) is 2.48. The lowest BCUT2D eigenvalue weighted by Crippen LogP contribution is -2.54. The largest absolute Gasteiger partial charge is 0.481 e. The number of amides is 1. The van der Waals surface area contributed by atoms with Gasteiger partial charge in [0.25, 0.3) is 0 Å². The number of ether oxygens (including phenoxy) is 1. The summed E-state index contributed by atoms with van der Waals surface area (Å²) in [5.41, 5.74) is -1.46. The molecule has 0 unspecified atom stereocenters. The molecule has 0 aromatic heterocycles. The Labute approximate surface area is 133 Å². The topological polar surface area (TPSA) is 78.9 Å². The first-order chi connectivity index (χ1) is 9.86. The number of carboxylic acid groups (broad SMARTS) is 1. The SMILES string of the molecule is CC(C)(C)OC(=O)NCC1(C(=O)O)CCN(C(C)(C)C)CC1. The zero-order valence-corrected chi connectivity index (χ0v) is 14.7. The van der Waals surface area contributed by atoms with Crippen molar-refractivity contribution in [1.29, 1.82) is 0 Å². The first-order valence-corrected chi connectivity index (χ1v) is 7.81. The van der Waals surface area contributed by atoms with Crippen molar-refractivity contribution in [3.8, 4) is 0 Å². The number of likely N-dealkylation sites (tertiary alicyclic amines) is 1. The zero-order valence-electron chi connectivity index (χ0n) is 14.7. The van der Waals surface area contributed by atoms with Crippen LogP contribution in [0.5, 0.6) is 0 Å². The summed E-state index contributed by atoms with van der Waals surface area (Å²) in [5, 5.41) is 12.2. The number of alkyl carbamates (subject to hydrolysis) is 1. The van der Waals surface area contributed by atoms with Gasteiger partial charge in [-0.15, -0.1) is 0 Å². The van der Waals surface area contributed by atoms with Crippen molar-refractivity contribution < 1.29 is 19.4 Å². The highest BCUT2D eigenvalue weighted by Gasteiger charge is 2.43. The molecular weight excluding hydrogens is 284 g/mol. The third kappa shape index (κ3) is 5.16. The fourth-order valence-corrected chi connectivity index (χ4v) is 2.63. The molecule has 6 heteroatoms. The van der Waals surface area contributed by atoms with Crippen molar-refractivity contribution in [2.45, 2.75) is 65.5 Å². The minimum atomic E-state index is -0.904. The molecule has 0 aliphatic carbocycles. The smallest absolute Gasteiger partial charge is 0.407 e. The summed E-state index contributed by atoms with van der Waals surface area (Å²) in [4.78, 5) is 25.8. The Balaban J connectivity index is 2.64. The fourth-order valence-electron chi connectivity index (χ4n) is 2.63. The molecule has 0 aromatic rings. The number of piperidine rings is 1. The van der Waals surface area contributed by atoms with Crippen LogP contribution in [0.1, 0.15) is 54.4 Å². The standard InChI is InChI=1S/C16H30N2O4/c1-14(2,3)18-9-7-16(8-10-18,12(19)20)11-17-13(21)22-15(4,5)6/h7-11H2,1-6H3,(H,17,21)(H,19,20). The van der Waals surface area contributed by atoms with Crippen LogP contribution in [0.15, 0.2) is 0 Å². The molecule has 1 rings (SSSR count). The average Bonchev–Trinajstić information content (AvgIpc) is 2.33. The van der Waals surface area contributed by atoms with Gasteiger partial charge in [-0.25, -0.2) is 4.79 Å². The summed E-state index contributed by atoms with van der Waals surface area (Å²) in [6, 6.07) is 0. The zero-order chi connectivity index (χ0) is 17.2. The van der Waals surface area contributed by atoms with Crippen LogP contribution in [0.2, 0.25) is 0 Å². The van der Waals surface area contributed by atoms with Crippen LogP contribution in [0, 0.1) is 5.41 Å². The normalized spacial score (nSPS) is 19.5. The summed E-state index contributed by atoms with van der Waals surface area (Å²) in [5.74, 6) is -0.850. The molecule has 0 bridgehead atoms. The molecule has 22 heavy (non-hydrogen) atoms. The number of rotatable bonds is 3. The minimum Gasteiger partial charge on any atom is -0.481 e. The van der Waals surface area contributed by atoms with Crippen LogP contribution in [0.4, 0.5) is 4.79 Å². The maximum absolute atomic E-state index is 11.8. The Bertz CT molecular complexity index is 413. The second-order valence-corrected chi connectivity index (χ2v) is 8.10. The molecule has 0 atom stereocenters. The van der Waals surface area contributed by atoms with Gasteiger partial charge in [-0.2, -0.15) is 0 Å². The highest BCUT2D eigenvalue weighted by Crippen LogP contribution is 2.34. The summed E-state index contributed by atoms with van der Waals surface area (Å²) in [6.45, 7) is 13.2. The fraction of sp³-hybridized carbons (Fsp3) is 0.875. The number of aliphatic carboxylic acids is 1. The number of carbonyl (C=O) groups is 2. The van der Waals surface area contributed by atoms with Gasteiger partial charge in [-0.3, -0.25) is 9.69 Å². The lowest BCUT2D eigenvalue weighted by Gasteiger charge is -2.44. The molecule has 1 aliphatic heterocycles. The quantitative estimate of drug-likeness (QED) is 0.836. The van der Waals surface area contributed by atoms with Gasteiger partial charge in [-0.1, -0.05) is 0 Å². The second-order valence-electron chi connectivity index (χ2n) is 8.10. The Morgan fingerprint density at radius 3 is 2.00 bits per heavy atom. The van der Waals surface area contributed by atoms with Crippen LogP contribution in [-0.2, 0) is 9.53 Å². The first kappa shape index (κ1) is 18.7. The van der Waals surface area contributed by atoms with E-state index < -0.39 is 23.1 Å². The summed E-state index contributed by atoms with van der Waals surface area (Å²) in [6.07, 6.45) is 0.483. The van der Waals surface area contributed by atoms with E-state index in [1.54, 1.807) is 20.8 Å². The molecule has 2 N–H and O–H groups in total. The molecule has 1 heterocycles. The van der Waals surface area contributed by atoms with E-state index in [2.05, 4.69) is 31.0 Å². The number of nitrogens with one attached hydrogen (secondary N) is 1. The Kier molecular flexibility index (Phi) is 5.49. The molecule has 0 saturated carbocycles. The van der Waals surface area contributed by atoms with Crippen molar-refractivity contribution in [3.63, 3.8) is 0 Å². The maximum atomic E-state index is 11.8. The van der Waals surface area contributed by atoms with E-state index in [0.717, 1.165) is 0 Å². The molecule has 1 amide bonds. The third-order valence-corrected chi connectivity index (χ3v) is 4.09. The van der Waals surface area contributed by atoms with E-state index >= 15 is 0 Å². The average molecular weight is 314 g/mol. The third-order valence-electron chi connectivity index (χ3n) is 4.09. The van der Waals surface area contributed by atoms with Crippen molar-refractivity contribution >= 4 is 12.1 Å². The molecule has 6 nitrogen and oxygen atoms in total. The van der Waals surface area contributed by atoms with Crippen LogP contribution in [0.3, 0.4) is 0 Å². The van der Waals surface area contributed by atoms with E-state index in [0.29, 0.717) is 25.9 Å². The number of carboxylic acids is 1. The van der Waals surface area contributed by atoms with Crippen molar-refractivity contribution in [3.05, 3.63) is 0 Å². The van der Waals surface area contributed by atoms with Gasteiger partial charge in [0.15, 0.2) is 0 Å². The maximum Gasteiger partial charge on any atom is 0.407 e. The van der Waals surface area contributed by atoms with Gasteiger partial charge < -0.3 is 15.2 Å². The van der Waals surface area contributed by atoms with E-state index in [-0.39, 0.29) is 12.1 Å². The van der Waals surface area contributed by atoms with Crippen molar-refractivity contribution in [1.82, 2.24) is 10.2 Å². The summed E-state index contributed by atoms with van der Waals surface area (Å²) < 4.78 is 5.18. The molecule has 0 aromatic carbocycles. The highest BCUT2D eigenvalue weighted by atomic mass is 16.6. The van der Waals surface area contributed by atoms with Gasteiger partial charge in [0.2, 0.25) is 0 Å². The number of nitrogens with zero attached hydrogens (tertiary/aromatic N) is 1. The highest BCUT2D eigenvalue weighted by molar-refractivity contribution is 5.76. The molecule has 0 radical (unpaired) electrons. The van der Waals surface area contributed by atoms with E-state index in [1.807, 2.05) is 0 Å². The molecule has 1 fully saturated rings. The Morgan fingerprint density at radius 1 is 1.14 bits per heavy atom. The van der Waals surface area contributed by atoms with Crippen LogP contribution in [-0.4, -0.2) is 52.8 Å². The first-order valence-electron chi connectivity index (χ1n) is 7.81. The van der Waals surface area contributed by atoms with Crippen LogP contribution >= 0.6 is 0 Å². The van der Waals surface area contributed by atoms with E-state index in [4.69, 9.17) is 4.74 Å². The van der Waals surface area contributed by atoms with E-state index in [9.17, 15) is 14.7 Å². The molecule has 0 spiro atoms. The number of hydrogen-bond acceptors (Lipinski definition) is 4. The van der Waals surface area contributed by atoms with Gasteiger partial charge in [-0.05, 0) is 67.5 Å². The number of carbonyl (C=O) groups excluding carboxylic acids is 1. The summed E-state index contributed by atoms with van der Waals surface area (Å²) >= 11 is 0. The lowest BCUT2D eigenvalue weighted by molar-refractivity contribution is -0.152. The van der Waals surface area contributed by atoms with Crippen molar-refractivity contribution in [2.75, 3.05) is 19.6 Å². The minimum absolute atomic E-state index is 0.0310. The Morgan fingerprint density at radius 2 is 1.64 bits per heavy atom. The predicted molar refractivity (Wildman–Crippen MR) is 84.9 cm³/mol. The number of hydrogen-bond donors (Lipinski definition) is 2. The van der Waals surface area contributed by atoms with E-state index in [1.165, 1.54) is 0 Å². The van der Waals surface area contributed by atoms with Gasteiger partial charge in [0.05, 0.1) is 5.41 Å². The summed E-state index contributed by atoms with van der Waals surface area (Å²) in [7, 11) is 0. The van der Waals surface area contributed by atoms with Crippen molar-refractivity contribution in [2.24, 2.45) is 5.41 Å². The lowest BCUT2D eigenvalue weighted by atomic mass is 9.77. The van der Waals surface area contributed by atoms with Gasteiger partial charge in [0.1, 0.15) is 5.60 Å². The molecule has 1 aliphatic rings. The second kappa shape index (κ2) is 6.44. The molecule has 1 saturated heterocycles. The van der Waals surface area contributed by atoms with Gasteiger partial charge >= 0.3 is 12.1 Å². The monoisotopic (exact) mass is 314 g/mol. The Hall–Kier alpha value is -1.30. The van der Waals surface area contributed by atoms with Crippen LogP contribution < -0.4 is 5.32 Å². The van der Waals surface area contributed by atoms with Gasteiger partial charge in [0, 0.05) is 12.1 Å².